The number of alkyl halides is 1. The first-order valence-corrected chi connectivity index (χ1v) is 17.2. The molecule has 4 unspecified atom stereocenters. The molecule has 2 saturated heterocycles. The van der Waals surface area contributed by atoms with Crippen LogP contribution in [0.1, 0.15) is 45.4 Å². The van der Waals surface area contributed by atoms with Gasteiger partial charge in [-0.05, 0) is 82.0 Å². The second-order valence-electron chi connectivity index (χ2n) is 10.7. The van der Waals surface area contributed by atoms with Crippen LogP contribution < -0.4 is 20.1 Å². The predicted octanol–water partition coefficient (Wildman–Crippen LogP) is 1.18. The number of methoxy groups -OCH3 is 1. The number of nitrogens with one attached hydrogen (secondary N) is 3. The number of hydrogen-bond acceptors (Lipinski definition) is 10. The summed E-state index contributed by atoms with van der Waals surface area (Å²) in [6, 6.07) is 5.16. The van der Waals surface area contributed by atoms with Crippen LogP contribution in [0.5, 0.6) is 5.75 Å². The molecule has 234 valence electrons. The first-order chi connectivity index (χ1) is 19.5. The van der Waals surface area contributed by atoms with Gasteiger partial charge in [0.05, 0.1) is 41.7 Å². The van der Waals surface area contributed by atoms with Gasteiger partial charge in [0.1, 0.15) is 23.4 Å². The lowest BCUT2D eigenvalue weighted by atomic mass is 9.94. The number of carbonyl (C=O) groups excluding carboxylic acids is 1. The quantitative estimate of drug-likeness (QED) is 0.145. The van der Waals surface area contributed by atoms with E-state index in [1.807, 2.05) is 0 Å². The van der Waals surface area contributed by atoms with E-state index in [-0.39, 0.29) is 17.2 Å². The lowest BCUT2D eigenvalue weighted by Crippen LogP contribution is -2.55. The number of benzene rings is 1. The third kappa shape index (κ3) is 9.67. The van der Waals surface area contributed by atoms with Gasteiger partial charge in [-0.1, -0.05) is 0 Å². The summed E-state index contributed by atoms with van der Waals surface area (Å²) < 4.78 is 38.8. The molecule has 2 fully saturated rings. The van der Waals surface area contributed by atoms with Crippen LogP contribution in [0.3, 0.4) is 0 Å². The highest BCUT2D eigenvalue weighted by molar-refractivity contribution is 7.99. The summed E-state index contributed by atoms with van der Waals surface area (Å²) in [4.78, 5) is 13.5. The minimum atomic E-state index is -3.60. The number of thioether (sulfide) groups is 1. The van der Waals surface area contributed by atoms with Crippen molar-refractivity contribution in [2.75, 3.05) is 26.5 Å². The Morgan fingerprint density at radius 2 is 1.90 bits per heavy atom. The molecule has 3 rings (SSSR count). The third-order valence-corrected chi connectivity index (χ3v) is 10.4. The number of aliphatic hydroxyl groups is 3. The van der Waals surface area contributed by atoms with Crippen LogP contribution in [0.4, 0.5) is 0 Å². The van der Waals surface area contributed by atoms with E-state index in [2.05, 4.69) is 15.4 Å². The molecule has 0 aliphatic carbocycles. The average Bonchev–Trinajstić information content (AvgIpc) is 3.25. The van der Waals surface area contributed by atoms with Crippen molar-refractivity contribution in [2.45, 2.75) is 97.7 Å². The van der Waals surface area contributed by atoms with Gasteiger partial charge < -0.3 is 35.4 Å². The molecule has 0 aromatic heterocycles. The van der Waals surface area contributed by atoms with E-state index < -0.39 is 57.3 Å². The lowest BCUT2D eigenvalue weighted by Gasteiger charge is -2.32. The molecule has 2 heterocycles. The van der Waals surface area contributed by atoms with E-state index in [1.54, 1.807) is 25.3 Å². The van der Waals surface area contributed by atoms with Crippen molar-refractivity contribution in [3.05, 3.63) is 24.3 Å². The average molecular weight is 638 g/mol. The molecule has 1 aromatic carbocycles. The van der Waals surface area contributed by atoms with Crippen molar-refractivity contribution in [3.63, 3.8) is 0 Å². The smallest absolute Gasteiger partial charge is 0.240 e. The van der Waals surface area contributed by atoms with Gasteiger partial charge in [0.2, 0.25) is 15.9 Å². The second-order valence-corrected chi connectivity index (χ2v) is 14.1. The number of halogens is 1. The highest BCUT2D eigenvalue weighted by Gasteiger charge is 2.42. The molecule has 1 amide bonds. The Morgan fingerprint density at radius 3 is 2.54 bits per heavy atom. The molecule has 2 aliphatic heterocycles. The fraction of sp³-hybridized carbons (Fsp3) is 0.741. The molecule has 11 nitrogen and oxygen atoms in total. The minimum absolute atomic E-state index is 0.0136. The van der Waals surface area contributed by atoms with E-state index in [4.69, 9.17) is 21.1 Å². The molecule has 0 radical (unpaired) electrons. The van der Waals surface area contributed by atoms with Gasteiger partial charge in [0.15, 0.2) is 0 Å². The van der Waals surface area contributed by atoms with Crippen molar-refractivity contribution in [3.8, 4) is 5.75 Å². The van der Waals surface area contributed by atoms with Gasteiger partial charge in [-0.15, -0.1) is 23.4 Å². The standard InChI is InChI=1S/C27H44ClN3O8S2/c1-16(28)23(22-15-21(32)24(33)25(34)27(39-22)40-3)31-26(35)20-11-6-17(12-14-29-20)5-4-13-30-41(36,37)19-9-7-18(38-2)8-10-19/h7-10,16-17,20-25,27,29-30,32-34H,4-6,11-15H2,1-3H3,(H,31,35)/t16-,17-,20-,21?,22?,23+,24?,25+,27?/m0/s1. The molecule has 0 saturated carbocycles. The van der Waals surface area contributed by atoms with Crippen molar-refractivity contribution in [1.82, 2.24) is 15.4 Å². The number of ether oxygens (including phenoxy) is 2. The van der Waals surface area contributed by atoms with E-state index >= 15 is 0 Å². The van der Waals surface area contributed by atoms with Crippen LogP contribution in [0, 0.1) is 5.92 Å². The summed E-state index contributed by atoms with van der Waals surface area (Å²) in [6.45, 7) is 2.70. The van der Waals surface area contributed by atoms with Crippen LogP contribution in [0.2, 0.25) is 0 Å². The molecular formula is C27H44ClN3O8S2. The van der Waals surface area contributed by atoms with E-state index in [0.717, 1.165) is 19.3 Å². The Labute approximate surface area is 252 Å². The Kier molecular flexibility index (Phi) is 13.5. The number of carbonyl (C=O) groups is 1. The van der Waals surface area contributed by atoms with Gasteiger partial charge in [0.25, 0.3) is 0 Å². The maximum absolute atomic E-state index is 13.3. The van der Waals surface area contributed by atoms with Gasteiger partial charge in [-0.2, -0.15) is 0 Å². The normalized spacial score (nSPS) is 31.0. The van der Waals surface area contributed by atoms with Gasteiger partial charge in [-0.25, -0.2) is 13.1 Å². The molecule has 1 aromatic rings. The predicted molar refractivity (Wildman–Crippen MR) is 159 cm³/mol. The van der Waals surface area contributed by atoms with Crippen LogP contribution in [0.25, 0.3) is 0 Å². The highest BCUT2D eigenvalue weighted by Crippen LogP contribution is 2.29. The monoisotopic (exact) mass is 637 g/mol. The maximum atomic E-state index is 13.3. The lowest BCUT2D eigenvalue weighted by molar-refractivity contribution is -0.125. The van der Waals surface area contributed by atoms with Crippen molar-refractivity contribution in [1.29, 1.82) is 0 Å². The number of amides is 1. The van der Waals surface area contributed by atoms with Crippen LogP contribution in [-0.4, -0.2) is 103 Å². The second kappa shape index (κ2) is 16.1. The fourth-order valence-electron chi connectivity index (χ4n) is 5.33. The number of rotatable bonds is 12. The van der Waals surface area contributed by atoms with Gasteiger partial charge >= 0.3 is 0 Å². The maximum Gasteiger partial charge on any atom is 0.240 e. The summed E-state index contributed by atoms with van der Waals surface area (Å²) in [5.74, 6) is 0.713. The summed E-state index contributed by atoms with van der Waals surface area (Å²) in [6.07, 6.45) is 0.977. The molecule has 9 atom stereocenters. The molecule has 0 bridgehead atoms. The molecule has 41 heavy (non-hydrogen) atoms. The zero-order valence-corrected chi connectivity index (χ0v) is 26.1. The first kappa shape index (κ1) is 34.3. The largest absolute Gasteiger partial charge is 0.497 e. The molecule has 2 aliphatic rings. The van der Waals surface area contributed by atoms with Crippen LogP contribution in [-0.2, 0) is 19.6 Å². The summed E-state index contributed by atoms with van der Waals surface area (Å²) in [7, 11) is -2.07. The number of aliphatic hydroxyl groups excluding tert-OH is 3. The van der Waals surface area contributed by atoms with E-state index in [0.29, 0.717) is 37.6 Å². The van der Waals surface area contributed by atoms with Crippen LogP contribution in [0.15, 0.2) is 29.2 Å². The molecule has 0 spiro atoms. The zero-order valence-electron chi connectivity index (χ0n) is 23.7. The first-order valence-electron chi connectivity index (χ1n) is 14.0. The summed E-state index contributed by atoms with van der Waals surface area (Å²) in [5, 5.41) is 36.7. The zero-order chi connectivity index (χ0) is 30.2. The Bertz CT molecular complexity index is 1070. The van der Waals surface area contributed by atoms with Crippen molar-refractivity contribution >= 4 is 39.3 Å². The minimum Gasteiger partial charge on any atom is -0.497 e. The van der Waals surface area contributed by atoms with Gasteiger partial charge in [-0.3, -0.25) is 4.79 Å². The highest BCUT2D eigenvalue weighted by atomic mass is 35.5. The Hall–Kier alpha value is -1.16. The molecule has 14 heteroatoms. The fourth-order valence-corrected chi connectivity index (χ4v) is 7.32. The molecular weight excluding hydrogens is 594 g/mol. The van der Waals surface area contributed by atoms with Crippen molar-refractivity contribution in [2.24, 2.45) is 5.92 Å². The van der Waals surface area contributed by atoms with Crippen molar-refractivity contribution < 1.29 is 38.0 Å². The SMILES string of the molecule is COc1ccc(S(=O)(=O)NCCC[C@@H]2CCN[C@H](C(=O)N[C@@H](C3CC(O)C(O)[C@@H](O)C(SC)O3)[C@H](C)Cl)CC2)cc1. The van der Waals surface area contributed by atoms with Gasteiger partial charge in [0, 0.05) is 13.0 Å². The summed E-state index contributed by atoms with van der Waals surface area (Å²) >= 11 is 7.66. The molecule has 6 N–H and O–H groups in total. The Balaban J connectivity index is 1.48. The van der Waals surface area contributed by atoms with E-state index in [9.17, 15) is 28.5 Å². The van der Waals surface area contributed by atoms with E-state index in [1.165, 1.54) is 31.0 Å². The third-order valence-electron chi connectivity index (χ3n) is 7.82. The summed E-state index contributed by atoms with van der Waals surface area (Å²) in [5.41, 5.74) is -0.778. The van der Waals surface area contributed by atoms with Crippen LogP contribution >= 0.6 is 23.4 Å². The number of hydrogen-bond donors (Lipinski definition) is 6. The number of sulfonamides is 1. The topological polar surface area (TPSA) is 166 Å². The Morgan fingerprint density at radius 1 is 1.20 bits per heavy atom.